The van der Waals surface area contributed by atoms with Gasteiger partial charge in [-0.1, -0.05) is 29.8 Å². The summed E-state index contributed by atoms with van der Waals surface area (Å²) >= 11 is 0. The number of rotatable bonds is 6. The fourth-order valence-corrected chi connectivity index (χ4v) is 5.31. The van der Waals surface area contributed by atoms with Gasteiger partial charge < -0.3 is 4.98 Å². The molecule has 3 aromatic rings. The third-order valence-corrected chi connectivity index (χ3v) is 7.44. The molecule has 1 aliphatic heterocycles. The molecule has 0 spiro atoms. The van der Waals surface area contributed by atoms with Crippen LogP contribution >= 0.6 is 0 Å². The van der Waals surface area contributed by atoms with Gasteiger partial charge in [-0.25, -0.2) is 13.4 Å². The van der Waals surface area contributed by atoms with Crippen LogP contribution in [0.4, 0.5) is 11.4 Å². The molecule has 0 saturated heterocycles. The molecule has 2 heterocycles. The van der Waals surface area contributed by atoms with E-state index in [1.54, 1.807) is 0 Å². The van der Waals surface area contributed by atoms with Crippen LogP contribution in [0.25, 0.3) is 0 Å². The number of nitrogens with zero attached hydrogens (tertiary/aromatic N) is 4. The van der Waals surface area contributed by atoms with Gasteiger partial charge in [-0.2, -0.15) is 4.31 Å². The number of nitrogens with one attached hydrogen (secondary N) is 1. The molecule has 0 radical (unpaired) electrons. The summed E-state index contributed by atoms with van der Waals surface area (Å²) in [5.74, 6) is 0.454. The van der Waals surface area contributed by atoms with Crippen LogP contribution in [0.3, 0.4) is 0 Å². The molecule has 1 N–H and O–H groups in total. The van der Waals surface area contributed by atoms with Gasteiger partial charge in [0.15, 0.2) is 4.90 Å². The summed E-state index contributed by atoms with van der Waals surface area (Å²) in [6.45, 7) is 1.59. The van der Waals surface area contributed by atoms with E-state index in [1.807, 2.05) is 31.2 Å². The van der Waals surface area contributed by atoms with Crippen molar-refractivity contribution in [3.63, 3.8) is 0 Å². The fourth-order valence-electron chi connectivity index (χ4n) is 3.76. The van der Waals surface area contributed by atoms with Crippen molar-refractivity contribution in [3.05, 3.63) is 101 Å². The molecule has 0 fully saturated rings. The maximum Gasteiger partial charge on any atom is 0.296 e. The molecule has 1 aliphatic rings. The van der Waals surface area contributed by atoms with E-state index in [9.17, 15) is 33.4 Å². The van der Waals surface area contributed by atoms with Gasteiger partial charge in [-0.05, 0) is 18.6 Å². The first-order valence-electron chi connectivity index (χ1n) is 10.2. The van der Waals surface area contributed by atoms with Crippen molar-refractivity contribution in [2.75, 3.05) is 6.54 Å². The van der Waals surface area contributed by atoms with E-state index in [1.165, 1.54) is 0 Å². The van der Waals surface area contributed by atoms with Gasteiger partial charge >= 0.3 is 0 Å². The Labute approximate surface area is 193 Å². The number of aromatic amines is 1. The minimum atomic E-state index is -4.41. The van der Waals surface area contributed by atoms with Crippen molar-refractivity contribution >= 4 is 21.4 Å². The zero-order chi connectivity index (χ0) is 24.6. The van der Waals surface area contributed by atoms with E-state index in [0.717, 1.165) is 27.6 Å². The number of benzene rings is 2. The molecule has 0 saturated carbocycles. The van der Waals surface area contributed by atoms with Crippen molar-refractivity contribution in [2.24, 2.45) is 0 Å². The molecule has 0 bridgehead atoms. The second kappa shape index (κ2) is 8.76. The number of hydrogen-bond donors (Lipinski definition) is 1. The Bertz CT molecular complexity index is 1470. The van der Waals surface area contributed by atoms with Gasteiger partial charge in [0.2, 0.25) is 10.0 Å². The third-order valence-electron chi connectivity index (χ3n) is 5.54. The van der Waals surface area contributed by atoms with Crippen molar-refractivity contribution < 1.29 is 18.3 Å². The van der Waals surface area contributed by atoms with Crippen molar-refractivity contribution in [2.45, 2.75) is 31.2 Å². The predicted molar refractivity (Wildman–Crippen MR) is 120 cm³/mol. The van der Waals surface area contributed by atoms with Crippen molar-refractivity contribution in [1.82, 2.24) is 14.3 Å². The molecule has 4 rings (SSSR count). The Balaban J connectivity index is 1.64. The van der Waals surface area contributed by atoms with Crippen LogP contribution in [0.15, 0.2) is 52.2 Å². The largest absolute Gasteiger partial charge is 0.310 e. The van der Waals surface area contributed by atoms with E-state index in [4.69, 9.17) is 0 Å². The number of fused-ring (bicyclic) bond motifs is 1. The smallest absolute Gasteiger partial charge is 0.296 e. The number of aromatic nitrogens is 2. The Hall–Kier alpha value is -3.97. The van der Waals surface area contributed by atoms with Crippen LogP contribution in [-0.4, -0.2) is 39.1 Å². The Kier molecular flexibility index (Phi) is 5.98. The quantitative estimate of drug-likeness (QED) is 0.409. The van der Waals surface area contributed by atoms with Crippen LogP contribution in [0.2, 0.25) is 0 Å². The van der Waals surface area contributed by atoms with Gasteiger partial charge in [0, 0.05) is 32.0 Å². The van der Waals surface area contributed by atoms with Crippen LogP contribution in [0.1, 0.15) is 28.2 Å². The van der Waals surface area contributed by atoms with Gasteiger partial charge in [0.05, 0.1) is 27.2 Å². The molecule has 34 heavy (non-hydrogen) atoms. The number of non-ortho nitro benzene ring substituents is 1. The number of hydrogen-bond acceptors (Lipinski definition) is 8. The molecule has 0 amide bonds. The summed E-state index contributed by atoms with van der Waals surface area (Å²) in [4.78, 5) is 39.8. The Morgan fingerprint density at radius 3 is 2.44 bits per heavy atom. The van der Waals surface area contributed by atoms with Crippen LogP contribution in [-0.2, 0) is 29.4 Å². The average molecular weight is 485 g/mol. The fraction of sp³-hybridized carbons (Fsp3) is 0.238. The minimum absolute atomic E-state index is 0.0517. The number of H-pyrrole nitrogens is 1. The lowest BCUT2D eigenvalue weighted by molar-refractivity contribution is -0.396. The lowest BCUT2D eigenvalue weighted by atomic mass is 10.1. The zero-order valence-corrected chi connectivity index (χ0v) is 18.7. The summed E-state index contributed by atoms with van der Waals surface area (Å²) in [7, 11) is -4.41. The second-order valence-electron chi connectivity index (χ2n) is 7.86. The van der Waals surface area contributed by atoms with Crippen LogP contribution in [0, 0.1) is 27.2 Å². The maximum absolute atomic E-state index is 13.2. The highest BCUT2D eigenvalue weighted by molar-refractivity contribution is 7.89. The normalized spacial score (nSPS) is 13.9. The van der Waals surface area contributed by atoms with E-state index < -0.39 is 41.7 Å². The summed E-state index contributed by atoms with van der Waals surface area (Å²) in [6, 6.07) is 10.1. The van der Waals surface area contributed by atoms with E-state index in [0.29, 0.717) is 24.0 Å². The highest BCUT2D eigenvalue weighted by atomic mass is 32.2. The van der Waals surface area contributed by atoms with Crippen molar-refractivity contribution in [3.8, 4) is 0 Å². The molecule has 12 nitrogen and oxygen atoms in total. The molecular weight excluding hydrogens is 466 g/mol. The van der Waals surface area contributed by atoms with E-state index >= 15 is 0 Å². The Morgan fingerprint density at radius 2 is 1.79 bits per heavy atom. The summed E-state index contributed by atoms with van der Waals surface area (Å²) in [5, 5.41) is 22.4. The SMILES string of the molecule is Cc1ccc(Cc2nc3c(c(=O)[nH]2)CN(S(=O)(=O)c2ccc([N+](=O)[O-])cc2[N+](=O)[O-])CC3)cc1. The van der Waals surface area contributed by atoms with Gasteiger partial charge in [-0.15, -0.1) is 0 Å². The monoisotopic (exact) mass is 485 g/mol. The first kappa shape index (κ1) is 23.2. The van der Waals surface area contributed by atoms with Gasteiger partial charge in [0.1, 0.15) is 5.82 Å². The third kappa shape index (κ3) is 4.43. The highest BCUT2D eigenvalue weighted by Gasteiger charge is 2.36. The molecule has 0 unspecified atom stereocenters. The molecule has 1 aromatic heterocycles. The molecule has 2 aromatic carbocycles. The summed E-state index contributed by atoms with van der Waals surface area (Å²) in [5.41, 5.74) is 0.703. The Morgan fingerprint density at radius 1 is 1.09 bits per heavy atom. The lowest BCUT2D eigenvalue weighted by Crippen LogP contribution is -2.40. The second-order valence-corrected chi connectivity index (χ2v) is 9.76. The van der Waals surface area contributed by atoms with Gasteiger partial charge in [0.25, 0.3) is 16.9 Å². The topological polar surface area (TPSA) is 169 Å². The van der Waals surface area contributed by atoms with Gasteiger partial charge in [-0.3, -0.25) is 25.0 Å². The van der Waals surface area contributed by atoms with E-state index in [-0.39, 0.29) is 25.1 Å². The summed E-state index contributed by atoms with van der Waals surface area (Å²) < 4.78 is 27.3. The standard InChI is InChI=1S/C21H19N5O7S/c1-13-2-4-14(5-3-13)10-20-22-17-8-9-24(12-16(17)21(27)23-20)34(32,33)19-7-6-15(25(28)29)11-18(19)26(30)31/h2-7,11H,8-10,12H2,1H3,(H,22,23,27). The number of aryl methyl sites for hydroxylation is 1. The number of nitro benzene ring substituents is 2. The molecule has 0 atom stereocenters. The molecule has 13 heteroatoms. The highest BCUT2D eigenvalue weighted by Crippen LogP contribution is 2.32. The molecule has 0 aliphatic carbocycles. The summed E-state index contributed by atoms with van der Waals surface area (Å²) in [6.07, 6.45) is 0.542. The average Bonchev–Trinajstić information content (AvgIpc) is 2.80. The van der Waals surface area contributed by atoms with Crippen LogP contribution in [0.5, 0.6) is 0 Å². The number of sulfonamides is 1. The first-order valence-corrected chi connectivity index (χ1v) is 11.6. The molecular formula is C21H19N5O7S. The first-order chi connectivity index (χ1) is 16.1. The van der Waals surface area contributed by atoms with E-state index in [2.05, 4.69) is 9.97 Å². The predicted octanol–water partition coefficient (Wildman–Crippen LogP) is 2.23. The minimum Gasteiger partial charge on any atom is -0.310 e. The maximum atomic E-state index is 13.2. The zero-order valence-electron chi connectivity index (χ0n) is 17.9. The van der Waals surface area contributed by atoms with Crippen molar-refractivity contribution in [1.29, 1.82) is 0 Å². The number of nitro groups is 2. The lowest BCUT2D eigenvalue weighted by Gasteiger charge is -2.27. The molecule has 176 valence electrons. The van der Waals surface area contributed by atoms with Crippen LogP contribution < -0.4 is 5.56 Å².